The Labute approximate surface area is 229 Å². The van der Waals surface area contributed by atoms with Gasteiger partial charge in [-0.25, -0.2) is 9.59 Å². The highest BCUT2D eigenvalue weighted by Crippen LogP contribution is 2.17. The first-order chi connectivity index (χ1) is 18.4. The van der Waals surface area contributed by atoms with E-state index in [9.17, 15) is 18.0 Å². The molecule has 1 N–H and O–H groups in total. The van der Waals surface area contributed by atoms with Crippen molar-refractivity contribution in [2.75, 3.05) is 13.2 Å². The quantitative estimate of drug-likeness (QED) is 0.155. The SMILES string of the molecule is Cc1ccc(S(=O)(=O)OCCOc2ccc(CC(NC(=O)OC(C)(C)C)C(=O)Oc3ccccc3)cc2)cc1. The normalized spacial score (nSPS) is 12.3. The molecule has 9 nitrogen and oxygen atoms in total. The molecule has 0 aromatic heterocycles. The Morgan fingerprint density at radius 2 is 1.49 bits per heavy atom. The van der Waals surface area contributed by atoms with Gasteiger partial charge in [0.1, 0.15) is 36.4 Å². The fraction of sp³-hybridized carbons (Fsp3) is 0.310. The van der Waals surface area contributed by atoms with Gasteiger partial charge in [-0.2, -0.15) is 8.42 Å². The summed E-state index contributed by atoms with van der Waals surface area (Å²) in [6.07, 6.45) is -0.596. The van der Waals surface area contributed by atoms with Crippen LogP contribution in [-0.2, 0) is 30.3 Å². The van der Waals surface area contributed by atoms with Crippen molar-refractivity contribution >= 4 is 22.2 Å². The second kappa shape index (κ2) is 13.3. The van der Waals surface area contributed by atoms with E-state index in [1.807, 2.05) is 6.92 Å². The van der Waals surface area contributed by atoms with Crippen LogP contribution in [0.5, 0.6) is 11.5 Å². The third kappa shape index (κ3) is 10.1. The highest BCUT2D eigenvalue weighted by atomic mass is 32.2. The van der Waals surface area contributed by atoms with Crippen LogP contribution in [0.1, 0.15) is 31.9 Å². The maximum absolute atomic E-state index is 12.9. The van der Waals surface area contributed by atoms with Crippen LogP contribution in [0.15, 0.2) is 83.8 Å². The van der Waals surface area contributed by atoms with Crippen molar-refractivity contribution in [3.8, 4) is 11.5 Å². The van der Waals surface area contributed by atoms with Gasteiger partial charge in [-0.3, -0.25) is 4.18 Å². The zero-order chi connectivity index (χ0) is 28.5. The number of esters is 1. The summed E-state index contributed by atoms with van der Waals surface area (Å²) in [5.74, 6) is 0.201. The first kappa shape index (κ1) is 29.7. The molecule has 0 aliphatic carbocycles. The molecule has 208 valence electrons. The molecule has 0 radical (unpaired) electrons. The molecule has 10 heteroatoms. The van der Waals surface area contributed by atoms with E-state index in [4.69, 9.17) is 18.4 Å². The minimum atomic E-state index is -3.87. The van der Waals surface area contributed by atoms with Crippen molar-refractivity contribution in [3.05, 3.63) is 90.0 Å². The highest BCUT2D eigenvalue weighted by Gasteiger charge is 2.26. The van der Waals surface area contributed by atoms with E-state index in [1.165, 1.54) is 12.1 Å². The maximum atomic E-state index is 12.9. The Kier molecular flexibility index (Phi) is 10.1. The van der Waals surface area contributed by atoms with Gasteiger partial charge in [-0.15, -0.1) is 0 Å². The van der Waals surface area contributed by atoms with E-state index in [0.717, 1.165) is 11.1 Å². The van der Waals surface area contributed by atoms with Crippen LogP contribution in [0.25, 0.3) is 0 Å². The van der Waals surface area contributed by atoms with Crippen LogP contribution in [0.3, 0.4) is 0 Å². The third-order valence-corrected chi connectivity index (χ3v) is 6.53. The molecular formula is C29H33NO8S. The number of amides is 1. The van der Waals surface area contributed by atoms with Gasteiger partial charge in [0.2, 0.25) is 0 Å². The summed E-state index contributed by atoms with van der Waals surface area (Å²) in [4.78, 5) is 25.3. The average Bonchev–Trinajstić information content (AvgIpc) is 2.87. The number of hydrogen-bond donors (Lipinski definition) is 1. The molecule has 0 fully saturated rings. The number of para-hydroxylation sites is 1. The molecule has 39 heavy (non-hydrogen) atoms. The molecule has 1 amide bonds. The molecule has 1 unspecified atom stereocenters. The smallest absolute Gasteiger partial charge is 0.408 e. The summed E-state index contributed by atoms with van der Waals surface area (Å²) in [5.41, 5.74) is 0.938. The minimum Gasteiger partial charge on any atom is -0.491 e. The van der Waals surface area contributed by atoms with Crippen molar-refractivity contribution in [1.82, 2.24) is 5.32 Å². The number of benzene rings is 3. The van der Waals surface area contributed by atoms with Crippen LogP contribution >= 0.6 is 0 Å². The van der Waals surface area contributed by atoms with E-state index >= 15 is 0 Å². The van der Waals surface area contributed by atoms with Gasteiger partial charge in [-0.05, 0) is 69.7 Å². The van der Waals surface area contributed by atoms with Gasteiger partial charge in [0.05, 0.1) is 4.90 Å². The lowest BCUT2D eigenvalue weighted by Crippen LogP contribution is -2.46. The summed E-state index contributed by atoms with van der Waals surface area (Å²) >= 11 is 0. The molecule has 3 aromatic carbocycles. The van der Waals surface area contributed by atoms with E-state index in [0.29, 0.717) is 11.5 Å². The number of ether oxygens (including phenoxy) is 3. The van der Waals surface area contributed by atoms with Crippen molar-refractivity contribution in [2.45, 2.75) is 50.7 Å². The van der Waals surface area contributed by atoms with Gasteiger partial charge in [-0.1, -0.05) is 48.0 Å². The topological polar surface area (TPSA) is 117 Å². The zero-order valence-corrected chi connectivity index (χ0v) is 23.2. The Morgan fingerprint density at radius 1 is 0.846 bits per heavy atom. The highest BCUT2D eigenvalue weighted by molar-refractivity contribution is 7.86. The molecule has 0 spiro atoms. The van der Waals surface area contributed by atoms with Crippen molar-refractivity contribution in [3.63, 3.8) is 0 Å². The first-order valence-electron chi connectivity index (χ1n) is 12.4. The van der Waals surface area contributed by atoms with Gasteiger partial charge < -0.3 is 19.5 Å². The van der Waals surface area contributed by atoms with Crippen molar-refractivity contribution < 1.29 is 36.4 Å². The van der Waals surface area contributed by atoms with Crippen LogP contribution in [0.2, 0.25) is 0 Å². The van der Waals surface area contributed by atoms with Crippen molar-refractivity contribution in [2.24, 2.45) is 0 Å². The largest absolute Gasteiger partial charge is 0.491 e. The fourth-order valence-corrected chi connectivity index (χ4v) is 4.25. The van der Waals surface area contributed by atoms with Gasteiger partial charge in [0.15, 0.2) is 0 Å². The second-order valence-electron chi connectivity index (χ2n) is 9.72. The van der Waals surface area contributed by atoms with Crippen LogP contribution in [-0.4, -0.2) is 45.3 Å². The van der Waals surface area contributed by atoms with Crippen LogP contribution < -0.4 is 14.8 Å². The second-order valence-corrected chi connectivity index (χ2v) is 11.3. The molecule has 3 aromatic rings. The standard InChI is InChI=1S/C29H33NO8S/c1-21-10-16-25(17-11-21)39(33,34)36-19-18-35-23-14-12-22(13-15-23)20-26(30-28(32)38-29(2,3)4)27(31)37-24-8-6-5-7-9-24/h5-17,26H,18-20H2,1-4H3,(H,30,32). The van der Waals surface area contributed by atoms with Gasteiger partial charge in [0.25, 0.3) is 10.1 Å². The average molecular weight is 556 g/mol. The lowest BCUT2D eigenvalue weighted by atomic mass is 10.1. The molecule has 0 heterocycles. The summed E-state index contributed by atoms with van der Waals surface area (Å²) in [6.45, 7) is 6.90. The van der Waals surface area contributed by atoms with E-state index in [2.05, 4.69) is 5.32 Å². The molecule has 0 bridgehead atoms. The molecule has 0 saturated heterocycles. The number of rotatable bonds is 11. The summed E-state index contributed by atoms with van der Waals surface area (Å²) in [7, 11) is -3.87. The number of alkyl carbamates (subject to hydrolysis) is 1. The number of aryl methyl sites for hydroxylation is 1. The van der Waals surface area contributed by atoms with Gasteiger partial charge in [0, 0.05) is 6.42 Å². The van der Waals surface area contributed by atoms with E-state index < -0.39 is 33.8 Å². The number of nitrogens with one attached hydrogen (secondary N) is 1. The number of carbonyl (C=O) groups excluding carboxylic acids is 2. The first-order valence-corrected chi connectivity index (χ1v) is 13.8. The third-order valence-electron chi connectivity index (χ3n) is 5.20. The van der Waals surface area contributed by atoms with Crippen LogP contribution in [0, 0.1) is 6.92 Å². The number of carbonyl (C=O) groups is 2. The molecule has 1 atom stereocenters. The lowest BCUT2D eigenvalue weighted by molar-refractivity contribution is -0.136. The predicted octanol–water partition coefficient (Wildman–Crippen LogP) is 4.82. The Balaban J connectivity index is 1.57. The Hall–Kier alpha value is -3.89. The summed E-state index contributed by atoms with van der Waals surface area (Å²) in [5, 5.41) is 2.59. The van der Waals surface area contributed by atoms with Gasteiger partial charge >= 0.3 is 12.1 Å². The molecule has 0 aliphatic heterocycles. The predicted molar refractivity (Wildman–Crippen MR) is 145 cm³/mol. The maximum Gasteiger partial charge on any atom is 0.408 e. The van der Waals surface area contributed by atoms with Crippen molar-refractivity contribution in [1.29, 1.82) is 0 Å². The van der Waals surface area contributed by atoms with E-state index in [-0.39, 0.29) is 24.5 Å². The van der Waals surface area contributed by atoms with E-state index in [1.54, 1.807) is 87.5 Å². The minimum absolute atomic E-state index is 0.0106. The lowest BCUT2D eigenvalue weighted by Gasteiger charge is -2.23. The molecule has 0 aliphatic rings. The fourth-order valence-electron chi connectivity index (χ4n) is 3.35. The monoisotopic (exact) mass is 555 g/mol. The summed E-state index contributed by atoms with van der Waals surface area (Å²) in [6, 6.07) is 20.8. The van der Waals surface area contributed by atoms with Crippen LogP contribution in [0.4, 0.5) is 4.79 Å². The Morgan fingerprint density at radius 3 is 2.10 bits per heavy atom. The molecular weight excluding hydrogens is 522 g/mol. The number of hydrogen-bond acceptors (Lipinski definition) is 8. The summed E-state index contributed by atoms with van der Waals surface area (Å²) < 4.78 is 45.9. The zero-order valence-electron chi connectivity index (χ0n) is 22.4. The molecule has 3 rings (SSSR count). The molecule has 0 saturated carbocycles. The Bertz CT molecular complexity index is 1330.